The van der Waals surface area contributed by atoms with Gasteiger partial charge in [-0.3, -0.25) is 0 Å². The minimum Gasteiger partial charge on any atom is -0.376 e. The molecule has 1 aliphatic rings. The number of urea groups is 1. The SMILES string of the molecule is CC(C)CCNC(=O)NCC1CCCO1. The molecule has 0 aromatic rings. The second kappa shape index (κ2) is 6.67. The fraction of sp³-hybridized carbons (Fsp3) is 0.909. The summed E-state index contributed by atoms with van der Waals surface area (Å²) in [5, 5.41) is 5.66. The first-order valence-electron chi connectivity index (χ1n) is 5.82. The van der Waals surface area contributed by atoms with Crippen molar-refractivity contribution in [1.82, 2.24) is 10.6 Å². The highest BCUT2D eigenvalue weighted by Crippen LogP contribution is 2.10. The Bertz CT molecular complexity index is 189. The van der Waals surface area contributed by atoms with E-state index >= 15 is 0 Å². The first-order chi connectivity index (χ1) is 7.18. The van der Waals surface area contributed by atoms with Crippen LogP contribution in [0.25, 0.3) is 0 Å². The summed E-state index contributed by atoms with van der Waals surface area (Å²) in [6.07, 6.45) is 3.42. The largest absolute Gasteiger partial charge is 0.376 e. The van der Waals surface area contributed by atoms with Crippen LogP contribution in [0.3, 0.4) is 0 Å². The van der Waals surface area contributed by atoms with Gasteiger partial charge in [-0.15, -0.1) is 0 Å². The number of hydrogen-bond acceptors (Lipinski definition) is 2. The number of nitrogens with one attached hydrogen (secondary N) is 2. The number of ether oxygens (including phenoxy) is 1. The first kappa shape index (κ1) is 12.3. The van der Waals surface area contributed by atoms with Crippen molar-refractivity contribution in [2.75, 3.05) is 19.7 Å². The van der Waals surface area contributed by atoms with Crippen molar-refractivity contribution in [2.45, 2.75) is 39.2 Å². The van der Waals surface area contributed by atoms with E-state index in [2.05, 4.69) is 24.5 Å². The molecule has 4 nitrogen and oxygen atoms in total. The standard InChI is InChI=1S/C11H22N2O2/c1-9(2)5-6-12-11(14)13-8-10-4-3-7-15-10/h9-10H,3-8H2,1-2H3,(H2,12,13,14). The van der Waals surface area contributed by atoms with Crippen molar-refractivity contribution >= 4 is 6.03 Å². The molecule has 1 saturated heterocycles. The Kier molecular flexibility index (Phi) is 5.47. The van der Waals surface area contributed by atoms with Crippen LogP contribution in [0.4, 0.5) is 4.79 Å². The molecule has 88 valence electrons. The lowest BCUT2D eigenvalue weighted by Gasteiger charge is -2.12. The van der Waals surface area contributed by atoms with E-state index in [-0.39, 0.29) is 12.1 Å². The van der Waals surface area contributed by atoms with Crippen LogP contribution in [0.2, 0.25) is 0 Å². The van der Waals surface area contributed by atoms with Gasteiger partial charge < -0.3 is 15.4 Å². The molecular weight excluding hydrogens is 192 g/mol. The molecule has 4 heteroatoms. The predicted octanol–water partition coefficient (Wildman–Crippen LogP) is 1.51. The van der Waals surface area contributed by atoms with Gasteiger partial charge >= 0.3 is 6.03 Å². The lowest BCUT2D eigenvalue weighted by atomic mass is 10.1. The van der Waals surface area contributed by atoms with E-state index < -0.39 is 0 Å². The van der Waals surface area contributed by atoms with Gasteiger partial charge in [0.2, 0.25) is 0 Å². The summed E-state index contributed by atoms with van der Waals surface area (Å²) in [6.45, 7) is 6.50. The molecule has 0 bridgehead atoms. The van der Waals surface area contributed by atoms with E-state index in [1.165, 1.54) is 0 Å². The smallest absolute Gasteiger partial charge is 0.314 e. The van der Waals surface area contributed by atoms with Gasteiger partial charge in [-0.05, 0) is 25.2 Å². The van der Waals surface area contributed by atoms with Gasteiger partial charge in [0, 0.05) is 19.7 Å². The van der Waals surface area contributed by atoms with E-state index in [0.717, 1.165) is 32.4 Å². The van der Waals surface area contributed by atoms with Crippen LogP contribution in [0.1, 0.15) is 33.1 Å². The Morgan fingerprint density at radius 1 is 1.47 bits per heavy atom. The zero-order chi connectivity index (χ0) is 11.1. The molecule has 0 aliphatic carbocycles. The highest BCUT2D eigenvalue weighted by atomic mass is 16.5. The van der Waals surface area contributed by atoms with Gasteiger partial charge in [-0.1, -0.05) is 13.8 Å². The summed E-state index contributed by atoms with van der Waals surface area (Å²) in [5.41, 5.74) is 0. The van der Waals surface area contributed by atoms with Crippen LogP contribution < -0.4 is 10.6 Å². The molecule has 1 heterocycles. The van der Waals surface area contributed by atoms with Gasteiger partial charge in [0.15, 0.2) is 0 Å². The van der Waals surface area contributed by atoms with E-state index in [0.29, 0.717) is 12.5 Å². The molecule has 15 heavy (non-hydrogen) atoms. The summed E-state index contributed by atoms with van der Waals surface area (Å²) in [4.78, 5) is 11.3. The predicted molar refractivity (Wildman–Crippen MR) is 59.8 cm³/mol. The molecule has 0 aromatic carbocycles. The summed E-state index contributed by atoms with van der Waals surface area (Å²) in [5.74, 6) is 0.628. The second-order valence-corrected chi connectivity index (χ2v) is 4.45. The second-order valence-electron chi connectivity index (χ2n) is 4.45. The number of carbonyl (C=O) groups is 1. The van der Waals surface area contributed by atoms with Crippen molar-refractivity contribution in [3.05, 3.63) is 0 Å². The van der Waals surface area contributed by atoms with Gasteiger partial charge in [0.1, 0.15) is 0 Å². The third kappa shape index (κ3) is 5.62. The number of rotatable bonds is 5. The Hall–Kier alpha value is -0.770. The number of hydrogen-bond donors (Lipinski definition) is 2. The summed E-state index contributed by atoms with van der Waals surface area (Å²) in [6, 6.07) is -0.0776. The van der Waals surface area contributed by atoms with Crippen LogP contribution >= 0.6 is 0 Å². The number of carbonyl (C=O) groups excluding carboxylic acids is 1. The maximum absolute atomic E-state index is 11.3. The molecule has 0 saturated carbocycles. The average molecular weight is 214 g/mol. The van der Waals surface area contributed by atoms with Crippen molar-refractivity contribution in [3.63, 3.8) is 0 Å². The van der Waals surface area contributed by atoms with Crippen molar-refractivity contribution in [1.29, 1.82) is 0 Å². The fourth-order valence-electron chi connectivity index (χ4n) is 1.55. The third-order valence-corrected chi connectivity index (χ3v) is 2.52. The summed E-state index contributed by atoms with van der Waals surface area (Å²) < 4.78 is 5.40. The third-order valence-electron chi connectivity index (χ3n) is 2.52. The molecule has 0 spiro atoms. The van der Waals surface area contributed by atoms with Crippen molar-refractivity contribution in [2.24, 2.45) is 5.92 Å². The lowest BCUT2D eigenvalue weighted by molar-refractivity contribution is 0.111. The molecule has 2 N–H and O–H groups in total. The topological polar surface area (TPSA) is 50.4 Å². The molecule has 1 unspecified atom stereocenters. The van der Waals surface area contributed by atoms with Crippen LogP contribution in [0.15, 0.2) is 0 Å². The van der Waals surface area contributed by atoms with Crippen LogP contribution in [-0.4, -0.2) is 31.8 Å². The van der Waals surface area contributed by atoms with Gasteiger partial charge in [-0.25, -0.2) is 4.79 Å². The molecule has 1 fully saturated rings. The van der Waals surface area contributed by atoms with Crippen LogP contribution in [-0.2, 0) is 4.74 Å². The minimum absolute atomic E-state index is 0.0776. The minimum atomic E-state index is -0.0776. The van der Waals surface area contributed by atoms with E-state index in [1.807, 2.05) is 0 Å². The average Bonchev–Trinajstić information content (AvgIpc) is 2.66. The highest BCUT2D eigenvalue weighted by Gasteiger charge is 2.15. The van der Waals surface area contributed by atoms with Crippen LogP contribution in [0, 0.1) is 5.92 Å². The van der Waals surface area contributed by atoms with Crippen molar-refractivity contribution < 1.29 is 9.53 Å². The van der Waals surface area contributed by atoms with E-state index in [9.17, 15) is 4.79 Å². The molecule has 1 rings (SSSR count). The maximum Gasteiger partial charge on any atom is 0.314 e. The fourth-order valence-corrected chi connectivity index (χ4v) is 1.55. The Morgan fingerprint density at radius 2 is 2.27 bits per heavy atom. The van der Waals surface area contributed by atoms with Gasteiger partial charge in [0.05, 0.1) is 6.10 Å². The van der Waals surface area contributed by atoms with Gasteiger partial charge in [-0.2, -0.15) is 0 Å². The number of amides is 2. The zero-order valence-electron chi connectivity index (χ0n) is 9.71. The van der Waals surface area contributed by atoms with Crippen LogP contribution in [0.5, 0.6) is 0 Å². The zero-order valence-corrected chi connectivity index (χ0v) is 9.71. The summed E-state index contributed by atoms with van der Waals surface area (Å²) >= 11 is 0. The molecule has 0 radical (unpaired) electrons. The molecular formula is C11H22N2O2. The maximum atomic E-state index is 11.3. The molecule has 1 atom stereocenters. The first-order valence-corrected chi connectivity index (χ1v) is 5.82. The van der Waals surface area contributed by atoms with E-state index in [1.54, 1.807) is 0 Å². The highest BCUT2D eigenvalue weighted by molar-refractivity contribution is 5.73. The van der Waals surface area contributed by atoms with Crippen molar-refractivity contribution in [3.8, 4) is 0 Å². The summed E-state index contributed by atoms with van der Waals surface area (Å²) in [7, 11) is 0. The Morgan fingerprint density at radius 3 is 2.87 bits per heavy atom. The lowest BCUT2D eigenvalue weighted by Crippen LogP contribution is -2.40. The molecule has 1 aliphatic heterocycles. The van der Waals surface area contributed by atoms with E-state index in [4.69, 9.17) is 4.74 Å². The molecule has 2 amide bonds. The normalized spacial score (nSPS) is 20.6. The Balaban J connectivity index is 1.98. The Labute approximate surface area is 91.8 Å². The quantitative estimate of drug-likeness (QED) is 0.729. The monoisotopic (exact) mass is 214 g/mol. The molecule has 0 aromatic heterocycles. The van der Waals surface area contributed by atoms with Gasteiger partial charge in [0.25, 0.3) is 0 Å².